The van der Waals surface area contributed by atoms with Gasteiger partial charge in [0.1, 0.15) is 0 Å². The maximum Gasteiger partial charge on any atom is 0.257 e. The van der Waals surface area contributed by atoms with E-state index in [1.165, 1.54) is 11.1 Å². The van der Waals surface area contributed by atoms with E-state index < -0.39 is 0 Å². The topological polar surface area (TPSA) is 35.9 Å². The Morgan fingerprint density at radius 2 is 1.81 bits per heavy atom. The van der Waals surface area contributed by atoms with Crippen LogP contribution in [0.1, 0.15) is 34.7 Å². The highest BCUT2D eigenvalue weighted by atomic mass is 35.5. The average molecular weight is 432 g/mol. The Bertz CT molecular complexity index is 1100. The van der Waals surface area contributed by atoms with E-state index in [0.29, 0.717) is 18.0 Å². The first-order valence-electron chi connectivity index (χ1n) is 10.4. The molecule has 158 valence electrons. The van der Waals surface area contributed by atoms with Gasteiger partial charge in [-0.1, -0.05) is 90.0 Å². The van der Waals surface area contributed by atoms with Crippen molar-refractivity contribution in [2.75, 3.05) is 13.6 Å². The van der Waals surface area contributed by atoms with Crippen molar-refractivity contribution < 1.29 is 4.79 Å². The minimum Gasteiger partial charge on any atom is -0.293 e. The quantitative estimate of drug-likeness (QED) is 0.519. The van der Waals surface area contributed by atoms with Crippen molar-refractivity contribution in [2.24, 2.45) is 5.10 Å². The van der Waals surface area contributed by atoms with Crippen LogP contribution in [0, 0.1) is 6.92 Å². The molecule has 1 amide bonds. The Kier molecular flexibility index (Phi) is 6.50. The molecule has 0 unspecified atom stereocenters. The molecule has 4 nitrogen and oxygen atoms in total. The van der Waals surface area contributed by atoms with E-state index in [1.807, 2.05) is 66.5 Å². The number of benzene rings is 3. The van der Waals surface area contributed by atoms with Gasteiger partial charge in [0.2, 0.25) is 0 Å². The summed E-state index contributed by atoms with van der Waals surface area (Å²) in [6.07, 6.45) is 0.640. The number of hydrogen-bond donors (Lipinski definition) is 0. The lowest BCUT2D eigenvalue weighted by atomic mass is 9.97. The molecule has 0 spiro atoms. The SMILES string of the molecule is Cc1cccc(C2=NN(C(=O)CN(C)Cc3ccccc3)[C@H](c3ccccc3Cl)C2)c1. The van der Waals surface area contributed by atoms with E-state index >= 15 is 0 Å². The lowest BCUT2D eigenvalue weighted by Gasteiger charge is -2.25. The summed E-state index contributed by atoms with van der Waals surface area (Å²) in [6.45, 7) is 3.04. The van der Waals surface area contributed by atoms with Crippen molar-refractivity contribution in [3.63, 3.8) is 0 Å². The molecule has 0 bridgehead atoms. The molecule has 1 aliphatic rings. The summed E-state index contributed by atoms with van der Waals surface area (Å²) in [5, 5.41) is 7.05. The molecule has 31 heavy (non-hydrogen) atoms. The molecule has 0 fully saturated rings. The Balaban J connectivity index is 1.58. The molecule has 3 aromatic rings. The molecule has 0 saturated carbocycles. The first kappa shape index (κ1) is 21.3. The van der Waals surface area contributed by atoms with Crippen LogP contribution in [0.3, 0.4) is 0 Å². The van der Waals surface area contributed by atoms with Gasteiger partial charge in [0.05, 0.1) is 18.3 Å². The highest BCUT2D eigenvalue weighted by molar-refractivity contribution is 6.31. The second-order valence-electron chi connectivity index (χ2n) is 8.05. The molecule has 0 N–H and O–H groups in total. The first-order chi connectivity index (χ1) is 15.0. The number of aryl methyl sites for hydroxylation is 1. The van der Waals surface area contributed by atoms with E-state index in [9.17, 15) is 4.79 Å². The van der Waals surface area contributed by atoms with Crippen molar-refractivity contribution in [3.8, 4) is 0 Å². The molecular formula is C26H26ClN3O. The number of nitrogens with zero attached hydrogens (tertiary/aromatic N) is 3. The number of likely N-dealkylation sites (N-methyl/N-ethyl adjacent to an activating group) is 1. The fraction of sp³-hybridized carbons (Fsp3) is 0.231. The number of halogens is 1. The number of carbonyl (C=O) groups excluding carboxylic acids is 1. The van der Waals surface area contributed by atoms with Crippen LogP contribution in [0.5, 0.6) is 0 Å². The molecular weight excluding hydrogens is 406 g/mol. The second kappa shape index (κ2) is 9.46. The summed E-state index contributed by atoms with van der Waals surface area (Å²) in [5.74, 6) is -0.0361. The van der Waals surface area contributed by atoms with Crippen molar-refractivity contribution in [1.82, 2.24) is 9.91 Å². The summed E-state index contributed by atoms with van der Waals surface area (Å²) in [4.78, 5) is 15.3. The molecule has 1 heterocycles. The predicted molar refractivity (Wildman–Crippen MR) is 126 cm³/mol. The molecule has 0 radical (unpaired) electrons. The minimum absolute atomic E-state index is 0.0361. The van der Waals surface area contributed by atoms with Gasteiger partial charge >= 0.3 is 0 Å². The Morgan fingerprint density at radius 1 is 1.06 bits per heavy atom. The van der Waals surface area contributed by atoms with Crippen LogP contribution in [0.4, 0.5) is 0 Å². The van der Waals surface area contributed by atoms with Crippen molar-refractivity contribution in [1.29, 1.82) is 0 Å². The standard InChI is InChI=1S/C26H26ClN3O/c1-19-9-8-12-21(15-19)24-16-25(22-13-6-7-14-23(22)27)30(28-24)26(31)18-29(2)17-20-10-4-3-5-11-20/h3-15,25H,16-18H2,1-2H3/t25-/m0/s1. The van der Waals surface area contributed by atoms with E-state index in [-0.39, 0.29) is 18.5 Å². The number of amides is 1. The third-order valence-electron chi connectivity index (χ3n) is 5.48. The summed E-state index contributed by atoms with van der Waals surface area (Å²) in [6, 6.07) is 25.9. The van der Waals surface area contributed by atoms with Gasteiger partial charge in [-0.25, -0.2) is 5.01 Å². The third-order valence-corrected chi connectivity index (χ3v) is 5.83. The van der Waals surface area contributed by atoms with Gasteiger partial charge in [0.15, 0.2) is 0 Å². The zero-order valence-corrected chi connectivity index (χ0v) is 18.6. The second-order valence-corrected chi connectivity index (χ2v) is 8.46. The lowest BCUT2D eigenvalue weighted by molar-refractivity contribution is -0.134. The number of hydrazone groups is 1. The maximum absolute atomic E-state index is 13.3. The number of carbonyl (C=O) groups is 1. The van der Waals surface area contributed by atoms with Gasteiger partial charge in [0.25, 0.3) is 5.91 Å². The lowest BCUT2D eigenvalue weighted by Crippen LogP contribution is -2.36. The van der Waals surface area contributed by atoms with Crippen LogP contribution in [-0.4, -0.2) is 35.1 Å². The van der Waals surface area contributed by atoms with Crippen LogP contribution in [0.2, 0.25) is 5.02 Å². The molecule has 0 saturated heterocycles. The molecule has 4 rings (SSSR count). The Hall–Kier alpha value is -2.95. The van der Waals surface area contributed by atoms with E-state index in [4.69, 9.17) is 16.7 Å². The van der Waals surface area contributed by atoms with Crippen LogP contribution in [0.25, 0.3) is 0 Å². The van der Waals surface area contributed by atoms with Gasteiger partial charge in [-0.3, -0.25) is 9.69 Å². The summed E-state index contributed by atoms with van der Waals surface area (Å²) in [5.41, 5.74) is 5.22. The monoisotopic (exact) mass is 431 g/mol. The van der Waals surface area contributed by atoms with Crippen LogP contribution < -0.4 is 0 Å². The molecule has 1 atom stereocenters. The third kappa shape index (κ3) is 5.04. The largest absolute Gasteiger partial charge is 0.293 e. The zero-order chi connectivity index (χ0) is 21.8. The Labute approximate surface area is 188 Å². The number of rotatable bonds is 6. The Morgan fingerprint density at radius 3 is 2.55 bits per heavy atom. The fourth-order valence-corrected chi connectivity index (χ4v) is 4.24. The normalized spacial score (nSPS) is 15.9. The van der Waals surface area contributed by atoms with Gasteiger partial charge in [-0.2, -0.15) is 5.10 Å². The summed E-state index contributed by atoms with van der Waals surface area (Å²) in [7, 11) is 1.96. The first-order valence-corrected chi connectivity index (χ1v) is 10.8. The van der Waals surface area contributed by atoms with Crippen LogP contribution >= 0.6 is 11.6 Å². The van der Waals surface area contributed by atoms with Crippen LogP contribution in [-0.2, 0) is 11.3 Å². The van der Waals surface area contributed by atoms with Crippen molar-refractivity contribution >= 4 is 23.2 Å². The van der Waals surface area contributed by atoms with E-state index in [2.05, 4.69) is 31.2 Å². The molecule has 0 aromatic heterocycles. The fourth-order valence-electron chi connectivity index (χ4n) is 3.98. The highest BCUT2D eigenvalue weighted by Crippen LogP contribution is 2.36. The zero-order valence-electron chi connectivity index (χ0n) is 17.8. The number of hydrogen-bond acceptors (Lipinski definition) is 3. The predicted octanol–water partition coefficient (Wildman–Crippen LogP) is 5.46. The smallest absolute Gasteiger partial charge is 0.257 e. The highest BCUT2D eigenvalue weighted by Gasteiger charge is 2.34. The van der Waals surface area contributed by atoms with E-state index in [0.717, 1.165) is 16.8 Å². The molecule has 0 aliphatic carbocycles. The van der Waals surface area contributed by atoms with E-state index in [1.54, 1.807) is 5.01 Å². The maximum atomic E-state index is 13.3. The molecule has 3 aromatic carbocycles. The minimum atomic E-state index is -0.207. The van der Waals surface area contributed by atoms with Crippen molar-refractivity contribution in [3.05, 3.63) is 106 Å². The van der Waals surface area contributed by atoms with Crippen molar-refractivity contribution in [2.45, 2.75) is 25.9 Å². The molecule has 1 aliphatic heterocycles. The average Bonchev–Trinajstić information content (AvgIpc) is 3.20. The summed E-state index contributed by atoms with van der Waals surface area (Å²) < 4.78 is 0. The van der Waals surface area contributed by atoms with Gasteiger partial charge in [-0.05, 0) is 36.7 Å². The van der Waals surface area contributed by atoms with Gasteiger partial charge in [0, 0.05) is 18.0 Å². The van der Waals surface area contributed by atoms with Crippen LogP contribution in [0.15, 0.2) is 84.0 Å². The van der Waals surface area contributed by atoms with Gasteiger partial charge in [-0.15, -0.1) is 0 Å². The summed E-state index contributed by atoms with van der Waals surface area (Å²) >= 11 is 6.51. The van der Waals surface area contributed by atoms with Gasteiger partial charge < -0.3 is 0 Å². The molecule has 5 heteroatoms.